The fourth-order valence-electron chi connectivity index (χ4n) is 1.98. The van der Waals surface area contributed by atoms with Gasteiger partial charge in [-0.15, -0.1) is 0 Å². The molecule has 2 rings (SSSR count). The monoisotopic (exact) mass is 218 g/mol. The molecular weight excluding hydrogens is 200 g/mol. The van der Waals surface area contributed by atoms with Gasteiger partial charge in [0.1, 0.15) is 0 Å². The second kappa shape index (κ2) is 4.26. The van der Waals surface area contributed by atoms with Gasteiger partial charge in [-0.2, -0.15) is 0 Å². The lowest BCUT2D eigenvalue weighted by atomic mass is 9.80. The summed E-state index contributed by atoms with van der Waals surface area (Å²) in [7, 11) is 0. The summed E-state index contributed by atoms with van der Waals surface area (Å²) >= 11 is 0. The Hall–Kier alpha value is -1.35. The Kier molecular flexibility index (Phi) is 2.97. The Labute approximate surface area is 96.0 Å². The molecule has 0 radical (unpaired) electrons. The van der Waals surface area contributed by atoms with Gasteiger partial charge in [-0.1, -0.05) is 12.1 Å². The highest BCUT2D eigenvalue weighted by Crippen LogP contribution is 2.27. The SMILES string of the molecule is Cc1ccc(C)c(NC(=O)C2CC(N)C2)c1. The topological polar surface area (TPSA) is 55.1 Å². The standard InChI is InChI=1S/C13H18N2O/c1-8-3-4-9(2)12(5-8)15-13(16)10-6-11(14)7-10/h3-5,10-11H,6-7,14H2,1-2H3,(H,15,16). The number of hydrogen-bond donors (Lipinski definition) is 2. The molecule has 3 nitrogen and oxygen atoms in total. The van der Waals surface area contributed by atoms with E-state index in [-0.39, 0.29) is 17.9 Å². The summed E-state index contributed by atoms with van der Waals surface area (Å²) in [6.07, 6.45) is 1.63. The van der Waals surface area contributed by atoms with E-state index in [1.807, 2.05) is 32.0 Å². The fourth-order valence-corrected chi connectivity index (χ4v) is 1.98. The van der Waals surface area contributed by atoms with Crippen molar-refractivity contribution in [2.24, 2.45) is 11.7 Å². The molecule has 3 heteroatoms. The first-order valence-electron chi connectivity index (χ1n) is 5.70. The number of carbonyl (C=O) groups excluding carboxylic acids is 1. The minimum Gasteiger partial charge on any atom is -0.328 e. The van der Waals surface area contributed by atoms with Gasteiger partial charge in [-0.3, -0.25) is 4.79 Å². The molecule has 86 valence electrons. The number of nitrogens with one attached hydrogen (secondary N) is 1. The first-order valence-corrected chi connectivity index (χ1v) is 5.70. The Morgan fingerprint density at radius 3 is 2.69 bits per heavy atom. The van der Waals surface area contributed by atoms with Crippen LogP contribution in [-0.4, -0.2) is 11.9 Å². The van der Waals surface area contributed by atoms with Crippen molar-refractivity contribution in [3.05, 3.63) is 29.3 Å². The molecule has 16 heavy (non-hydrogen) atoms. The highest BCUT2D eigenvalue weighted by Gasteiger charge is 2.31. The zero-order valence-electron chi connectivity index (χ0n) is 9.79. The molecule has 1 aliphatic rings. The van der Waals surface area contributed by atoms with Crippen molar-refractivity contribution < 1.29 is 4.79 Å². The average Bonchev–Trinajstić information content (AvgIpc) is 2.19. The highest BCUT2D eigenvalue weighted by molar-refractivity contribution is 5.94. The van der Waals surface area contributed by atoms with Gasteiger partial charge in [0.05, 0.1) is 0 Å². The van der Waals surface area contributed by atoms with E-state index < -0.39 is 0 Å². The third kappa shape index (κ3) is 2.25. The lowest BCUT2D eigenvalue weighted by Crippen LogP contribution is -2.42. The maximum atomic E-state index is 11.8. The molecule has 0 atom stereocenters. The van der Waals surface area contributed by atoms with Gasteiger partial charge in [0, 0.05) is 17.6 Å². The van der Waals surface area contributed by atoms with Crippen molar-refractivity contribution in [3.63, 3.8) is 0 Å². The van der Waals surface area contributed by atoms with Crippen LogP contribution in [0.2, 0.25) is 0 Å². The third-order valence-electron chi connectivity index (χ3n) is 3.20. The van der Waals surface area contributed by atoms with Crippen molar-refractivity contribution in [3.8, 4) is 0 Å². The molecule has 1 fully saturated rings. The van der Waals surface area contributed by atoms with Crippen LogP contribution in [-0.2, 0) is 4.79 Å². The van der Waals surface area contributed by atoms with E-state index in [4.69, 9.17) is 5.73 Å². The molecule has 0 heterocycles. The quantitative estimate of drug-likeness (QED) is 0.797. The number of aryl methyl sites for hydroxylation is 2. The van der Waals surface area contributed by atoms with Crippen molar-refractivity contribution in [1.29, 1.82) is 0 Å². The van der Waals surface area contributed by atoms with E-state index in [0.29, 0.717) is 0 Å². The smallest absolute Gasteiger partial charge is 0.227 e. The average molecular weight is 218 g/mol. The van der Waals surface area contributed by atoms with Crippen molar-refractivity contribution in [2.45, 2.75) is 32.7 Å². The summed E-state index contributed by atoms with van der Waals surface area (Å²) in [5.74, 6) is 0.213. The summed E-state index contributed by atoms with van der Waals surface area (Å²) in [4.78, 5) is 11.8. The van der Waals surface area contributed by atoms with Crippen LogP contribution in [0.3, 0.4) is 0 Å². The predicted molar refractivity (Wildman–Crippen MR) is 65.2 cm³/mol. The van der Waals surface area contributed by atoms with Gasteiger partial charge in [-0.25, -0.2) is 0 Å². The van der Waals surface area contributed by atoms with Crippen LogP contribution in [0.25, 0.3) is 0 Å². The van der Waals surface area contributed by atoms with Crippen LogP contribution >= 0.6 is 0 Å². The first-order chi connectivity index (χ1) is 7.56. The molecule has 0 aromatic heterocycles. The van der Waals surface area contributed by atoms with E-state index in [2.05, 4.69) is 5.32 Å². The van der Waals surface area contributed by atoms with E-state index in [1.165, 1.54) is 0 Å². The molecular formula is C13H18N2O. The minimum atomic E-state index is 0.106. The number of benzene rings is 1. The minimum absolute atomic E-state index is 0.106. The normalized spacial score (nSPS) is 23.7. The number of amides is 1. The molecule has 0 spiro atoms. The molecule has 1 amide bonds. The lowest BCUT2D eigenvalue weighted by Gasteiger charge is -2.31. The molecule has 1 aromatic carbocycles. The first kappa shape index (κ1) is 11.1. The van der Waals surface area contributed by atoms with Crippen molar-refractivity contribution >= 4 is 11.6 Å². The van der Waals surface area contributed by atoms with Gasteiger partial charge in [-0.05, 0) is 43.9 Å². The van der Waals surface area contributed by atoms with E-state index in [0.717, 1.165) is 29.7 Å². The van der Waals surface area contributed by atoms with Crippen molar-refractivity contribution in [2.75, 3.05) is 5.32 Å². The number of anilines is 1. The summed E-state index contributed by atoms with van der Waals surface area (Å²) in [5.41, 5.74) is 8.85. The second-order valence-electron chi connectivity index (χ2n) is 4.74. The van der Waals surface area contributed by atoms with Crippen LogP contribution in [0.1, 0.15) is 24.0 Å². The van der Waals surface area contributed by atoms with Crippen LogP contribution in [0, 0.1) is 19.8 Å². The van der Waals surface area contributed by atoms with Gasteiger partial charge in [0.25, 0.3) is 0 Å². The zero-order valence-corrected chi connectivity index (χ0v) is 9.79. The molecule has 1 saturated carbocycles. The van der Waals surface area contributed by atoms with Crippen LogP contribution < -0.4 is 11.1 Å². The third-order valence-corrected chi connectivity index (χ3v) is 3.20. The summed E-state index contributed by atoms with van der Waals surface area (Å²) < 4.78 is 0. The largest absolute Gasteiger partial charge is 0.328 e. The molecule has 0 unspecified atom stereocenters. The van der Waals surface area contributed by atoms with Gasteiger partial charge in [0.2, 0.25) is 5.91 Å². The molecule has 0 saturated heterocycles. The number of nitrogens with two attached hydrogens (primary N) is 1. The predicted octanol–water partition coefficient (Wildman–Crippen LogP) is 1.98. The van der Waals surface area contributed by atoms with Gasteiger partial charge >= 0.3 is 0 Å². The fraction of sp³-hybridized carbons (Fsp3) is 0.462. The highest BCUT2D eigenvalue weighted by atomic mass is 16.1. The molecule has 0 bridgehead atoms. The number of rotatable bonds is 2. The summed E-state index contributed by atoms with van der Waals surface area (Å²) in [6.45, 7) is 4.02. The van der Waals surface area contributed by atoms with E-state index in [1.54, 1.807) is 0 Å². The number of carbonyl (C=O) groups is 1. The van der Waals surface area contributed by atoms with Gasteiger partial charge in [0.15, 0.2) is 0 Å². The van der Waals surface area contributed by atoms with Crippen LogP contribution in [0.4, 0.5) is 5.69 Å². The number of hydrogen-bond acceptors (Lipinski definition) is 2. The van der Waals surface area contributed by atoms with Crippen LogP contribution in [0.5, 0.6) is 0 Å². The second-order valence-corrected chi connectivity index (χ2v) is 4.74. The molecule has 0 aliphatic heterocycles. The molecule has 1 aromatic rings. The lowest BCUT2D eigenvalue weighted by molar-refractivity contribution is -0.122. The molecule has 1 aliphatic carbocycles. The van der Waals surface area contributed by atoms with Crippen molar-refractivity contribution in [1.82, 2.24) is 0 Å². The van der Waals surface area contributed by atoms with E-state index in [9.17, 15) is 4.79 Å². The summed E-state index contributed by atoms with van der Waals surface area (Å²) in [6, 6.07) is 6.29. The Morgan fingerprint density at radius 1 is 1.38 bits per heavy atom. The molecule has 3 N–H and O–H groups in total. The maximum Gasteiger partial charge on any atom is 0.227 e. The zero-order chi connectivity index (χ0) is 11.7. The Balaban J connectivity index is 2.03. The Morgan fingerprint density at radius 2 is 2.06 bits per heavy atom. The van der Waals surface area contributed by atoms with E-state index >= 15 is 0 Å². The van der Waals surface area contributed by atoms with Gasteiger partial charge < -0.3 is 11.1 Å². The van der Waals surface area contributed by atoms with Crippen LogP contribution in [0.15, 0.2) is 18.2 Å². The maximum absolute atomic E-state index is 11.8. The summed E-state index contributed by atoms with van der Waals surface area (Å²) in [5, 5.41) is 2.98. The Bertz CT molecular complexity index is 408.